The molecular weight excluding hydrogens is 331 g/mol. The van der Waals surface area contributed by atoms with Crippen LogP contribution in [0.15, 0.2) is 60.8 Å². The Hall–Kier alpha value is -3.02. The van der Waals surface area contributed by atoms with Crippen molar-refractivity contribution in [3.05, 3.63) is 83.4 Å². The van der Waals surface area contributed by atoms with E-state index in [1.807, 2.05) is 35.2 Å². The van der Waals surface area contributed by atoms with Crippen LogP contribution in [0, 0.1) is 5.82 Å². The average Bonchev–Trinajstić information content (AvgIpc) is 3.40. The molecule has 6 heteroatoms. The summed E-state index contributed by atoms with van der Waals surface area (Å²) in [6, 6.07) is 16.4. The third kappa shape index (κ3) is 3.79. The molecule has 0 N–H and O–H groups in total. The molecule has 4 rings (SSSR count). The Bertz CT molecular complexity index is 888. The normalized spacial score (nSPS) is 13.6. The highest BCUT2D eigenvalue weighted by Crippen LogP contribution is 2.29. The summed E-state index contributed by atoms with van der Waals surface area (Å²) >= 11 is 0. The average molecular weight is 350 g/mol. The van der Waals surface area contributed by atoms with Crippen molar-refractivity contribution in [2.75, 3.05) is 0 Å². The van der Waals surface area contributed by atoms with Gasteiger partial charge >= 0.3 is 0 Å². The molecule has 0 unspecified atom stereocenters. The van der Waals surface area contributed by atoms with E-state index in [4.69, 9.17) is 0 Å². The first-order valence-corrected chi connectivity index (χ1v) is 8.68. The molecule has 0 spiro atoms. The highest BCUT2D eigenvalue weighted by atomic mass is 19.1. The van der Waals surface area contributed by atoms with Crippen LogP contribution in [-0.2, 0) is 13.1 Å². The Balaban J connectivity index is 1.48. The van der Waals surface area contributed by atoms with Crippen LogP contribution < -0.4 is 0 Å². The van der Waals surface area contributed by atoms with Crippen LogP contribution in [0.3, 0.4) is 0 Å². The summed E-state index contributed by atoms with van der Waals surface area (Å²) in [4.78, 5) is 14.7. The molecule has 1 aromatic heterocycles. The molecule has 1 saturated carbocycles. The summed E-state index contributed by atoms with van der Waals surface area (Å²) in [7, 11) is 0. The third-order valence-corrected chi connectivity index (χ3v) is 4.46. The predicted molar refractivity (Wildman–Crippen MR) is 94.9 cm³/mol. The van der Waals surface area contributed by atoms with Crippen LogP contribution in [0.4, 0.5) is 4.39 Å². The molecule has 0 saturated heterocycles. The minimum Gasteiger partial charge on any atom is -0.330 e. The van der Waals surface area contributed by atoms with Gasteiger partial charge in [-0.15, -0.1) is 5.10 Å². The van der Waals surface area contributed by atoms with Crippen molar-refractivity contribution in [2.45, 2.75) is 32.0 Å². The first-order chi connectivity index (χ1) is 12.7. The quantitative estimate of drug-likeness (QED) is 0.686. The standard InChI is InChI=1S/C20H19FN4O/c21-17-8-6-16(7-9-17)13-25(18-10-11-18)20(26)19-14-24(23-22-19)12-15-4-2-1-3-5-15/h1-9,14,18H,10-13H2. The first-order valence-electron chi connectivity index (χ1n) is 8.68. The molecule has 0 aliphatic heterocycles. The number of halogens is 1. The van der Waals surface area contributed by atoms with Crippen molar-refractivity contribution in [2.24, 2.45) is 0 Å². The lowest BCUT2D eigenvalue weighted by Gasteiger charge is -2.21. The lowest BCUT2D eigenvalue weighted by atomic mass is 10.2. The smallest absolute Gasteiger partial charge is 0.276 e. The van der Waals surface area contributed by atoms with E-state index < -0.39 is 0 Å². The van der Waals surface area contributed by atoms with E-state index in [9.17, 15) is 9.18 Å². The van der Waals surface area contributed by atoms with E-state index in [0.29, 0.717) is 18.8 Å². The number of hydrogen-bond acceptors (Lipinski definition) is 3. The molecule has 1 amide bonds. The number of hydrogen-bond donors (Lipinski definition) is 0. The van der Waals surface area contributed by atoms with Crippen molar-refractivity contribution in [1.29, 1.82) is 0 Å². The van der Waals surface area contributed by atoms with Gasteiger partial charge in [-0.3, -0.25) is 4.79 Å². The summed E-state index contributed by atoms with van der Waals surface area (Å²) < 4.78 is 14.8. The zero-order valence-corrected chi connectivity index (χ0v) is 14.3. The molecular formula is C20H19FN4O. The number of amides is 1. The molecule has 26 heavy (non-hydrogen) atoms. The Morgan fingerprint density at radius 1 is 1.08 bits per heavy atom. The van der Waals surface area contributed by atoms with Gasteiger partial charge in [0.15, 0.2) is 5.69 Å². The third-order valence-electron chi connectivity index (χ3n) is 4.46. The summed E-state index contributed by atoms with van der Waals surface area (Å²) in [6.07, 6.45) is 3.67. The van der Waals surface area contributed by atoms with Gasteiger partial charge in [0.2, 0.25) is 0 Å². The van der Waals surface area contributed by atoms with Crippen molar-refractivity contribution < 1.29 is 9.18 Å². The van der Waals surface area contributed by atoms with Gasteiger partial charge in [-0.25, -0.2) is 9.07 Å². The minimum atomic E-state index is -0.276. The Morgan fingerprint density at radius 3 is 2.50 bits per heavy atom. The maximum atomic E-state index is 13.1. The lowest BCUT2D eigenvalue weighted by Crippen LogP contribution is -2.32. The number of carbonyl (C=O) groups is 1. The summed E-state index contributed by atoms with van der Waals surface area (Å²) in [5.74, 6) is -0.405. The zero-order chi connectivity index (χ0) is 17.9. The molecule has 1 aliphatic rings. The number of rotatable bonds is 6. The monoisotopic (exact) mass is 350 g/mol. The number of aromatic nitrogens is 3. The van der Waals surface area contributed by atoms with Crippen molar-refractivity contribution in [3.63, 3.8) is 0 Å². The van der Waals surface area contributed by atoms with Crippen molar-refractivity contribution in [3.8, 4) is 0 Å². The predicted octanol–water partition coefficient (Wildman–Crippen LogP) is 3.27. The van der Waals surface area contributed by atoms with E-state index >= 15 is 0 Å². The fourth-order valence-corrected chi connectivity index (χ4v) is 2.93. The second-order valence-electron chi connectivity index (χ2n) is 6.58. The van der Waals surface area contributed by atoms with Crippen LogP contribution >= 0.6 is 0 Å². The van der Waals surface area contributed by atoms with E-state index in [-0.39, 0.29) is 17.8 Å². The molecule has 3 aromatic rings. The van der Waals surface area contributed by atoms with Gasteiger partial charge in [-0.05, 0) is 36.1 Å². The Morgan fingerprint density at radius 2 is 1.81 bits per heavy atom. The molecule has 0 atom stereocenters. The highest BCUT2D eigenvalue weighted by molar-refractivity contribution is 5.92. The molecule has 1 aliphatic carbocycles. The van der Waals surface area contributed by atoms with Gasteiger partial charge in [0.05, 0.1) is 12.7 Å². The van der Waals surface area contributed by atoms with Crippen LogP contribution in [-0.4, -0.2) is 31.8 Å². The maximum absolute atomic E-state index is 13.1. The molecule has 0 radical (unpaired) electrons. The SMILES string of the molecule is O=C(c1cn(Cc2ccccc2)nn1)N(Cc1ccc(F)cc1)C1CC1. The zero-order valence-electron chi connectivity index (χ0n) is 14.3. The van der Waals surface area contributed by atoms with Gasteiger partial charge < -0.3 is 4.90 Å². The molecule has 1 fully saturated rings. The number of benzene rings is 2. The van der Waals surface area contributed by atoms with E-state index in [1.165, 1.54) is 12.1 Å². The first kappa shape index (κ1) is 16.4. The molecule has 5 nitrogen and oxygen atoms in total. The fraction of sp³-hybridized carbons (Fsp3) is 0.250. The largest absolute Gasteiger partial charge is 0.330 e. The van der Waals surface area contributed by atoms with Gasteiger partial charge in [-0.2, -0.15) is 0 Å². The highest BCUT2D eigenvalue weighted by Gasteiger charge is 2.34. The summed E-state index contributed by atoms with van der Waals surface area (Å²) in [6.45, 7) is 1.03. The van der Waals surface area contributed by atoms with E-state index in [1.54, 1.807) is 23.0 Å². The Kier molecular flexibility index (Phi) is 4.48. The number of carbonyl (C=O) groups excluding carboxylic acids is 1. The van der Waals surface area contributed by atoms with Crippen LogP contribution in [0.5, 0.6) is 0 Å². The maximum Gasteiger partial charge on any atom is 0.276 e. The van der Waals surface area contributed by atoms with E-state index in [0.717, 1.165) is 24.0 Å². The molecule has 1 heterocycles. The van der Waals surface area contributed by atoms with Crippen LogP contribution in [0.25, 0.3) is 0 Å². The molecule has 0 bridgehead atoms. The van der Waals surface area contributed by atoms with Crippen molar-refractivity contribution >= 4 is 5.91 Å². The van der Waals surface area contributed by atoms with E-state index in [2.05, 4.69) is 10.3 Å². The minimum absolute atomic E-state index is 0.129. The Labute approximate surface area is 151 Å². The second-order valence-corrected chi connectivity index (χ2v) is 6.58. The van der Waals surface area contributed by atoms with Crippen LogP contribution in [0.2, 0.25) is 0 Å². The van der Waals surface area contributed by atoms with Crippen molar-refractivity contribution in [1.82, 2.24) is 19.9 Å². The van der Waals surface area contributed by atoms with Gasteiger partial charge in [0.1, 0.15) is 5.82 Å². The van der Waals surface area contributed by atoms with Crippen LogP contribution in [0.1, 0.15) is 34.5 Å². The lowest BCUT2D eigenvalue weighted by molar-refractivity contribution is 0.0724. The van der Waals surface area contributed by atoms with Gasteiger partial charge in [-0.1, -0.05) is 47.7 Å². The topological polar surface area (TPSA) is 51.0 Å². The number of nitrogens with zero attached hydrogens (tertiary/aromatic N) is 4. The van der Waals surface area contributed by atoms with Gasteiger partial charge in [0, 0.05) is 12.6 Å². The van der Waals surface area contributed by atoms with Gasteiger partial charge in [0.25, 0.3) is 5.91 Å². The molecule has 132 valence electrons. The molecule has 2 aromatic carbocycles. The fourth-order valence-electron chi connectivity index (χ4n) is 2.93. The summed E-state index contributed by atoms with van der Waals surface area (Å²) in [5.41, 5.74) is 2.35. The second kappa shape index (κ2) is 7.07. The summed E-state index contributed by atoms with van der Waals surface area (Å²) in [5, 5.41) is 8.14.